The highest BCUT2D eigenvalue weighted by atomic mass is 16.3. The number of nitrogens with zero attached hydrogens (tertiary/aromatic N) is 2. The van der Waals surface area contributed by atoms with Crippen LogP contribution >= 0.6 is 0 Å². The molecule has 8 rings (SSSR count). The molecule has 476 valence electrons. The van der Waals surface area contributed by atoms with E-state index in [4.69, 9.17) is 0 Å². The molecule has 4 aliphatic rings. The molecule has 18 nitrogen and oxygen atoms in total. The minimum atomic E-state index is -1.27. The number of benzene rings is 4. The molecule has 18 heteroatoms. The normalized spacial score (nSPS) is 19.9. The number of aliphatic hydroxyl groups is 1. The number of carbonyl (C=O) groups excluding carboxylic acids is 7. The number of likely N-dealkylation sites (N-methyl/N-ethyl adjacent to an activating group) is 2. The van der Waals surface area contributed by atoms with Crippen molar-refractivity contribution in [3.63, 3.8) is 0 Å². The lowest BCUT2D eigenvalue weighted by Gasteiger charge is -2.38. The largest absolute Gasteiger partial charge is 0.376 e. The Morgan fingerprint density at radius 3 is 1.27 bits per heavy atom. The number of amides is 7. The molecule has 2 heterocycles. The molecule has 0 aromatic heterocycles. The van der Waals surface area contributed by atoms with Gasteiger partial charge in [-0.3, -0.25) is 38.9 Å². The number of carbonyl (C=O) groups is 7. The van der Waals surface area contributed by atoms with Crippen LogP contribution in [0, 0.1) is 11.8 Å². The van der Waals surface area contributed by atoms with Crippen LogP contribution in [-0.4, -0.2) is 151 Å². The highest BCUT2D eigenvalue weighted by molar-refractivity contribution is 5.96. The van der Waals surface area contributed by atoms with Gasteiger partial charge in [0.25, 0.3) is 0 Å². The molecule has 0 bridgehead atoms. The predicted octanol–water partition coefficient (Wildman–Crippen LogP) is 6.53. The third kappa shape index (κ3) is 17.9. The van der Waals surface area contributed by atoms with Crippen molar-refractivity contribution in [1.29, 1.82) is 0 Å². The maximum Gasteiger partial charge on any atom is 0.246 e. The number of nitrogens with one attached hydrogen (secondary N) is 8. The van der Waals surface area contributed by atoms with Crippen LogP contribution in [0.4, 0.5) is 0 Å². The van der Waals surface area contributed by atoms with Gasteiger partial charge in [0.2, 0.25) is 41.4 Å². The summed E-state index contributed by atoms with van der Waals surface area (Å²) in [5, 5.41) is 37.3. The number of hydrogen-bond acceptors (Lipinski definition) is 11. The van der Waals surface area contributed by atoms with Gasteiger partial charge in [0.05, 0.1) is 24.2 Å². The standard InChI is InChI=1S/C70H98N10O8/c1-47(71-3)63(81)75-59(53-37-21-11-22-38-53)69(87)79-45-27-41-55(79)65(83)77-61(57(49-29-13-7-14-30-49)50-31-15-8-16-32-50)67(85)73-43-25-5-6-26-44-74-68(86)62(58(51-33-17-9-18-34-51)52-35-19-10-20-36-52)78-66(84)56-42-28-46-80(56)70(88)60(54-39-23-12-24-40-54)76-64(82)48(2)72-4/h7-10,13-20,29-36,47-48,53-62,65,71-72,77,83H,5-6,11-12,21-28,37-46H2,1-4H3,(H,73,85)(H,74,86)(H,75,81)(H,76,82)(H,78,84)/t47-,48-,55-,56-,59-,60-,61-,62-,65?/m0/s1. The lowest BCUT2D eigenvalue weighted by molar-refractivity contribution is -0.143. The molecule has 4 aromatic rings. The van der Waals surface area contributed by atoms with Gasteiger partial charge in [0.1, 0.15) is 30.4 Å². The molecule has 0 radical (unpaired) electrons. The van der Waals surface area contributed by atoms with E-state index in [1.807, 2.05) is 121 Å². The van der Waals surface area contributed by atoms with Gasteiger partial charge >= 0.3 is 0 Å². The highest BCUT2D eigenvalue weighted by Crippen LogP contribution is 2.35. The fraction of sp³-hybridized carbons (Fsp3) is 0.557. The topological polar surface area (TPSA) is 242 Å². The molecule has 4 fully saturated rings. The smallest absolute Gasteiger partial charge is 0.246 e. The van der Waals surface area contributed by atoms with Gasteiger partial charge in [-0.15, -0.1) is 0 Å². The maximum absolute atomic E-state index is 14.8. The second-order valence-electron chi connectivity index (χ2n) is 24.9. The summed E-state index contributed by atoms with van der Waals surface area (Å²) in [5.41, 5.74) is 3.45. The van der Waals surface area contributed by atoms with Crippen LogP contribution in [-0.2, 0) is 33.6 Å². The zero-order valence-corrected chi connectivity index (χ0v) is 52.3. The van der Waals surface area contributed by atoms with Crippen LogP contribution in [0.15, 0.2) is 121 Å². The van der Waals surface area contributed by atoms with Gasteiger partial charge in [0, 0.05) is 38.0 Å². The van der Waals surface area contributed by atoms with E-state index in [9.17, 15) is 38.7 Å². The highest BCUT2D eigenvalue weighted by Gasteiger charge is 2.45. The van der Waals surface area contributed by atoms with Gasteiger partial charge < -0.3 is 52.1 Å². The van der Waals surface area contributed by atoms with Crippen molar-refractivity contribution in [3.8, 4) is 0 Å². The molecule has 2 aliphatic carbocycles. The monoisotopic (exact) mass is 1210 g/mol. The fourth-order valence-electron chi connectivity index (χ4n) is 13.8. The van der Waals surface area contributed by atoms with Crippen LogP contribution in [0.5, 0.6) is 0 Å². The summed E-state index contributed by atoms with van der Waals surface area (Å²) in [6.45, 7) is 5.00. The summed E-state index contributed by atoms with van der Waals surface area (Å²) in [6, 6.07) is 32.9. The Morgan fingerprint density at radius 1 is 0.455 bits per heavy atom. The minimum Gasteiger partial charge on any atom is -0.376 e. The lowest BCUT2D eigenvalue weighted by atomic mass is 9.83. The molecular formula is C70H98N10O8. The summed E-state index contributed by atoms with van der Waals surface area (Å²) in [7, 11) is 3.42. The van der Waals surface area contributed by atoms with E-state index in [-0.39, 0.29) is 47.3 Å². The Hall–Kier alpha value is -6.99. The molecule has 7 amide bonds. The average Bonchev–Trinajstić information content (AvgIpc) is 4.40. The van der Waals surface area contributed by atoms with Crippen LogP contribution in [0.25, 0.3) is 0 Å². The number of rotatable bonds is 30. The number of likely N-dealkylation sites (tertiary alicyclic amines) is 2. The minimum absolute atomic E-state index is 0.0160. The van der Waals surface area contributed by atoms with E-state index in [1.54, 1.807) is 37.7 Å². The SMILES string of the molecule is CN[C@@H](C)C(=O)N[C@H](C(=O)N1CCC[C@H]1C(=O)N[C@H](C(=O)NCCCCCCNC(=O)[C@@H](NC(O)[C@@H]1CCCN1C(=O)[C@@H](NC(=O)[C@H](C)NC)C1CCCCC1)C(c1ccccc1)c1ccccc1)C(c1ccccc1)c1ccccc1)C1CCCCC1. The van der Waals surface area contributed by atoms with Crippen molar-refractivity contribution in [1.82, 2.24) is 52.3 Å². The van der Waals surface area contributed by atoms with E-state index in [0.717, 1.165) is 99.3 Å². The molecule has 88 heavy (non-hydrogen) atoms. The summed E-state index contributed by atoms with van der Waals surface area (Å²) in [4.78, 5) is 104. The van der Waals surface area contributed by atoms with Crippen molar-refractivity contribution >= 4 is 41.4 Å². The maximum atomic E-state index is 14.8. The van der Waals surface area contributed by atoms with Crippen molar-refractivity contribution in [2.24, 2.45) is 11.8 Å². The van der Waals surface area contributed by atoms with Gasteiger partial charge in [0.15, 0.2) is 0 Å². The van der Waals surface area contributed by atoms with Crippen LogP contribution in [0.2, 0.25) is 0 Å². The van der Waals surface area contributed by atoms with E-state index < -0.39 is 72.3 Å². The zero-order valence-electron chi connectivity index (χ0n) is 52.3. The van der Waals surface area contributed by atoms with E-state index in [2.05, 4.69) is 42.5 Å². The number of hydrogen-bond donors (Lipinski definition) is 9. The average molecular weight is 1210 g/mol. The molecule has 4 aromatic carbocycles. The molecule has 2 aliphatic heterocycles. The van der Waals surface area contributed by atoms with Gasteiger partial charge in [-0.05, 0) is 126 Å². The summed E-state index contributed by atoms with van der Waals surface area (Å²) < 4.78 is 0. The van der Waals surface area contributed by atoms with Crippen molar-refractivity contribution in [2.75, 3.05) is 40.3 Å². The molecule has 1 unspecified atom stereocenters. The first-order chi connectivity index (χ1) is 42.8. The number of aliphatic hydroxyl groups excluding tert-OH is 1. The number of unbranched alkanes of at least 4 members (excludes halogenated alkanes) is 3. The molecule has 0 spiro atoms. The third-order valence-electron chi connectivity index (χ3n) is 19.0. The summed E-state index contributed by atoms with van der Waals surface area (Å²) >= 11 is 0. The van der Waals surface area contributed by atoms with E-state index >= 15 is 0 Å². The first-order valence-electron chi connectivity index (χ1n) is 32.8. The predicted molar refractivity (Wildman–Crippen MR) is 342 cm³/mol. The Balaban J connectivity index is 0.921. The summed E-state index contributed by atoms with van der Waals surface area (Å²) in [5.74, 6) is -3.16. The van der Waals surface area contributed by atoms with Gasteiger partial charge in [-0.1, -0.05) is 173 Å². The molecular weight excluding hydrogens is 1110 g/mol. The van der Waals surface area contributed by atoms with Crippen molar-refractivity contribution in [2.45, 2.75) is 196 Å². The quantitative estimate of drug-likeness (QED) is 0.0201. The van der Waals surface area contributed by atoms with Crippen LogP contribution in [0.1, 0.15) is 164 Å². The second-order valence-corrected chi connectivity index (χ2v) is 24.9. The van der Waals surface area contributed by atoms with Crippen LogP contribution in [0.3, 0.4) is 0 Å². The molecule has 2 saturated heterocycles. The summed E-state index contributed by atoms with van der Waals surface area (Å²) in [6.07, 6.45) is 13.1. The van der Waals surface area contributed by atoms with E-state index in [1.165, 1.54) is 0 Å². The first kappa shape index (κ1) is 67.0. The molecule has 2 saturated carbocycles. The third-order valence-corrected chi connectivity index (χ3v) is 19.0. The first-order valence-corrected chi connectivity index (χ1v) is 32.8. The Kier molecular flexibility index (Phi) is 26.0. The Labute approximate surface area is 521 Å². The lowest BCUT2D eigenvalue weighted by Crippen LogP contribution is -2.61. The van der Waals surface area contributed by atoms with E-state index in [0.29, 0.717) is 64.7 Å². The molecule has 9 atom stereocenters. The Morgan fingerprint density at radius 2 is 0.841 bits per heavy atom. The van der Waals surface area contributed by atoms with Crippen LogP contribution < -0.4 is 42.5 Å². The zero-order chi connectivity index (χ0) is 62.4. The Bertz CT molecular complexity index is 2760. The second kappa shape index (κ2) is 34.1. The van der Waals surface area contributed by atoms with Crippen molar-refractivity contribution in [3.05, 3.63) is 144 Å². The van der Waals surface area contributed by atoms with Gasteiger partial charge in [-0.2, -0.15) is 0 Å². The molecule has 9 N–H and O–H groups in total. The van der Waals surface area contributed by atoms with Crippen molar-refractivity contribution < 1.29 is 38.7 Å². The van der Waals surface area contributed by atoms with Gasteiger partial charge in [-0.25, -0.2) is 0 Å². The fourth-order valence-corrected chi connectivity index (χ4v) is 13.8.